The van der Waals surface area contributed by atoms with Crippen LogP contribution in [0.4, 0.5) is 0 Å². The molecule has 7 nitrogen and oxygen atoms in total. The first-order chi connectivity index (χ1) is 9.92. The number of aromatic hydroxyl groups is 1. The fraction of sp³-hybridized carbons (Fsp3) is 0.286. The molecule has 0 radical (unpaired) electrons. The van der Waals surface area contributed by atoms with Crippen LogP contribution in [-0.4, -0.2) is 43.5 Å². The number of methoxy groups -OCH3 is 3. The van der Waals surface area contributed by atoms with Crippen LogP contribution in [0.25, 0.3) is 6.08 Å². The number of hydrogen-bond donors (Lipinski definition) is 2. The summed E-state index contributed by atoms with van der Waals surface area (Å²) in [6, 6.07) is 2.86. The summed E-state index contributed by atoms with van der Waals surface area (Å²) in [7, 11) is 3.89. The van der Waals surface area contributed by atoms with Crippen molar-refractivity contribution in [1.29, 1.82) is 0 Å². The van der Waals surface area contributed by atoms with Gasteiger partial charge in [-0.25, -0.2) is 4.79 Å². The lowest BCUT2D eigenvalue weighted by Gasteiger charge is -2.10. The lowest BCUT2D eigenvalue weighted by molar-refractivity contribution is -0.142. The molecule has 0 unspecified atom stereocenters. The van der Waals surface area contributed by atoms with Gasteiger partial charge in [-0.05, 0) is 23.8 Å². The van der Waals surface area contributed by atoms with Crippen molar-refractivity contribution in [2.45, 2.75) is 6.42 Å². The number of aliphatic carboxylic acids is 1. The Bertz CT molecular complexity index is 550. The van der Waals surface area contributed by atoms with Crippen molar-refractivity contribution >= 4 is 18.0 Å². The smallest absolute Gasteiger partial charge is 0.332 e. The maximum absolute atomic E-state index is 11.2. The highest BCUT2D eigenvalue weighted by Gasteiger charge is 2.15. The van der Waals surface area contributed by atoms with E-state index in [1.54, 1.807) is 0 Å². The van der Waals surface area contributed by atoms with Crippen LogP contribution in [0.3, 0.4) is 0 Å². The minimum absolute atomic E-state index is 0.128. The summed E-state index contributed by atoms with van der Waals surface area (Å²) in [6.45, 7) is 0. The van der Waals surface area contributed by atoms with Gasteiger partial charge in [0.05, 0.1) is 27.8 Å². The Morgan fingerprint density at radius 1 is 1.14 bits per heavy atom. The van der Waals surface area contributed by atoms with Crippen molar-refractivity contribution in [1.82, 2.24) is 0 Å². The first-order valence-corrected chi connectivity index (χ1v) is 5.88. The molecular weight excluding hydrogens is 280 g/mol. The van der Waals surface area contributed by atoms with E-state index < -0.39 is 11.9 Å². The van der Waals surface area contributed by atoms with Crippen LogP contribution in [0.15, 0.2) is 17.7 Å². The van der Waals surface area contributed by atoms with Gasteiger partial charge in [-0.1, -0.05) is 0 Å². The summed E-state index contributed by atoms with van der Waals surface area (Å²) in [4.78, 5) is 22.3. The van der Waals surface area contributed by atoms with Gasteiger partial charge in [0.1, 0.15) is 0 Å². The van der Waals surface area contributed by atoms with Crippen LogP contribution in [0.5, 0.6) is 17.2 Å². The van der Waals surface area contributed by atoms with Gasteiger partial charge in [0.25, 0.3) is 0 Å². The highest BCUT2D eigenvalue weighted by molar-refractivity contribution is 5.97. The number of carbonyl (C=O) groups is 2. The fourth-order valence-corrected chi connectivity index (χ4v) is 1.61. The van der Waals surface area contributed by atoms with Crippen molar-refractivity contribution in [3.8, 4) is 17.2 Å². The van der Waals surface area contributed by atoms with Crippen molar-refractivity contribution in [3.63, 3.8) is 0 Å². The van der Waals surface area contributed by atoms with E-state index in [1.807, 2.05) is 0 Å². The van der Waals surface area contributed by atoms with E-state index in [0.717, 1.165) is 0 Å². The summed E-state index contributed by atoms with van der Waals surface area (Å²) in [5.41, 5.74) is 0.249. The number of phenolic OH excluding ortho intramolecular Hbond substituents is 1. The zero-order valence-corrected chi connectivity index (χ0v) is 11.9. The summed E-state index contributed by atoms with van der Waals surface area (Å²) >= 11 is 0. The number of esters is 1. The highest BCUT2D eigenvalue weighted by Crippen LogP contribution is 2.37. The van der Waals surface area contributed by atoms with Crippen LogP contribution >= 0.6 is 0 Å². The molecule has 1 aromatic rings. The second-order valence-corrected chi connectivity index (χ2v) is 4.00. The number of carboxylic acid groups (broad SMARTS) is 1. The Balaban J connectivity index is 3.26. The van der Waals surface area contributed by atoms with Gasteiger partial charge in [0.2, 0.25) is 5.75 Å². The van der Waals surface area contributed by atoms with Crippen molar-refractivity contribution in [3.05, 3.63) is 23.3 Å². The Kier molecular flexibility index (Phi) is 5.59. The third-order valence-corrected chi connectivity index (χ3v) is 2.68. The average Bonchev–Trinajstić information content (AvgIpc) is 2.47. The molecule has 0 saturated carbocycles. The molecule has 0 bridgehead atoms. The molecule has 1 aromatic carbocycles. The molecule has 21 heavy (non-hydrogen) atoms. The van der Waals surface area contributed by atoms with E-state index in [0.29, 0.717) is 5.56 Å². The number of hydrogen-bond acceptors (Lipinski definition) is 6. The number of carboxylic acids is 1. The molecule has 1 rings (SSSR count). The number of benzene rings is 1. The summed E-state index contributed by atoms with van der Waals surface area (Å²) in [5, 5.41) is 18.9. The summed E-state index contributed by atoms with van der Waals surface area (Å²) < 4.78 is 14.4. The van der Waals surface area contributed by atoms with Gasteiger partial charge in [-0.2, -0.15) is 0 Å². The zero-order valence-electron chi connectivity index (χ0n) is 11.9. The molecule has 0 aliphatic heterocycles. The molecule has 0 atom stereocenters. The number of carbonyl (C=O) groups excluding carboxylic acids is 1. The largest absolute Gasteiger partial charge is 0.502 e. The molecule has 0 fully saturated rings. The molecule has 2 N–H and O–H groups in total. The monoisotopic (exact) mass is 296 g/mol. The predicted octanol–water partition coefficient (Wildman–Crippen LogP) is 1.44. The predicted molar refractivity (Wildman–Crippen MR) is 73.5 cm³/mol. The first kappa shape index (κ1) is 16.4. The van der Waals surface area contributed by atoms with Crippen LogP contribution in [0, 0.1) is 0 Å². The second-order valence-electron chi connectivity index (χ2n) is 4.00. The van der Waals surface area contributed by atoms with Crippen molar-refractivity contribution in [2.24, 2.45) is 0 Å². The van der Waals surface area contributed by atoms with Gasteiger partial charge >= 0.3 is 11.9 Å². The van der Waals surface area contributed by atoms with Gasteiger partial charge in [0.15, 0.2) is 11.5 Å². The third-order valence-electron chi connectivity index (χ3n) is 2.68. The molecule has 0 aliphatic rings. The normalized spacial score (nSPS) is 10.9. The van der Waals surface area contributed by atoms with E-state index in [1.165, 1.54) is 39.5 Å². The zero-order chi connectivity index (χ0) is 16.0. The van der Waals surface area contributed by atoms with E-state index in [9.17, 15) is 14.7 Å². The molecule has 114 valence electrons. The second kappa shape index (κ2) is 7.18. The molecular formula is C14H16O7. The van der Waals surface area contributed by atoms with Crippen LogP contribution < -0.4 is 9.47 Å². The number of rotatable bonds is 6. The van der Waals surface area contributed by atoms with E-state index in [4.69, 9.17) is 14.6 Å². The van der Waals surface area contributed by atoms with E-state index >= 15 is 0 Å². The Labute approximate surface area is 121 Å². The fourth-order valence-electron chi connectivity index (χ4n) is 1.61. The first-order valence-electron chi connectivity index (χ1n) is 5.88. The molecule has 7 heteroatoms. The quantitative estimate of drug-likeness (QED) is 0.605. The van der Waals surface area contributed by atoms with Gasteiger partial charge in [-0.3, -0.25) is 4.79 Å². The third kappa shape index (κ3) is 4.13. The van der Waals surface area contributed by atoms with Gasteiger partial charge in [-0.15, -0.1) is 0 Å². The Morgan fingerprint density at radius 3 is 2.05 bits per heavy atom. The summed E-state index contributed by atoms with van der Waals surface area (Å²) in [5.74, 6) is -1.85. The lowest BCUT2D eigenvalue weighted by atomic mass is 10.1. The minimum Gasteiger partial charge on any atom is -0.502 e. The minimum atomic E-state index is -1.24. The van der Waals surface area contributed by atoms with E-state index in [2.05, 4.69) is 4.74 Å². The van der Waals surface area contributed by atoms with E-state index in [-0.39, 0.29) is 29.2 Å². The molecule has 0 aromatic heterocycles. The molecule has 0 spiro atoms. The standard InChI is InChI=1S/C14H16O7/c1-19-10-5-8(6-11(20-2)13(10)16)4-9(14(17)18)7-12(15)21-3/h4-6,16H,7H2,1-3H3,(H,17,18)/b9-4+. The molecule has 0 saturated heterocycles. The Hall–Kier alpha value is -2.70. The van der Waals surface area contributed by atoms with Gasteiger partial charge in [0, 0.05) is 5.57 Å². The maximum atomic E-state index is 11.2. The maximum Gasteiger partial charge on any atom is 0.332 e. The average molecular weight is 296 g/mol. The van der Waals surface area contributed by atoms with Crippen LogP contribution in [0.1, 0.15) is 12.0 Å². The highest BCUT2D eigenvalue weighted by atomic mass is 16.5. The molecule has 0 amide bonds. The Morgan fingerprint density at radius 2 is 1.67 bits per heavy atom. The molecule has 0 aliphatic carbocycles. The number of phenols is 1. The van der Waals surface area contributed by atoms with Crippen LogP contribution in [-0.2, 0) is 14.3 Å². The SMILES string of the molecule is COC(=O)C/C(=C\c1cc(OC)c(O)c(OC)c1)C(=O)O. The van der Waals surface area contributed by atoms with Crippen molar-refractivity contribution in [2.75, 3.05) is 21.3 Å². The van der Waals surface area contributed by atoms with Gasteiger partial charge < -0.3 is 24.4 Å². The molecule has 0 heterocycles. The lowest BCUT2D eigenvalue weighted by Crippen LogP contribution is -2.08. The van der Waals surface area contributed by atoms with Crippen LogP contribution in [0.2, 0.25) is 0 Å². The topological polar surface area (TPSA) is 102 Å². The number of ether oxygens (including phenoxy) is 3. The van der Waals surface area contributed by atoms with Crippen molar-refractivity contribution < 1.29 is 34.0 Å². The summed E-state index contributed by atoms with van der Waals surface area (Å²) in [6.07, 6.45) is 0.904.